The lowest BCUT2D eigenvalue weighted by Gasteiger charge is -2.61. The van der Waals surface area contributed by atoms with Gasteiger partial charge in [0.25, 0.3) is 0 Å². The molecular formula is C19H22O. The predicted octanol–water partition coefficient (Wildman–Crippen LogP) is 3.72. The highest BCUT2D eigenvalue weighted by Crippen LogP contribution is 2.65. The molecular weight excluding hydrogens is 244 g/mol. The van der Waals surface area contributed by atoms with Gasteiger partial charge in [-0.05, 0) is 61.8 Å². The van der Waals surface area contributed by atoms with Gasteiger partial charge >= 0.3 is 0 Å². The minimum atomic E-state index is -1.08. The lowest BCUT2D eigenvalue weighted by atomic mass is 9.44. The minimum absolute atomic E-state index is 0.0716. The maximum Gasteiger partial charge on any atom is 0.156 e. The SMILES string of the molecule is C#CC(O)(c1ccccc1)C12CC3CC(CC(C3)C1)C2. The molecule has 0 spiro atoms. The quantitative estimate of drug-likeness (QED) is 0.809. The second-order valence-electron chi connectivity index (χ2n) is 7.42. The van der Waals surface area contributed by atoms with E-state index in [1.165, 1.54) is 19.3 Å². The number of benzene rings is 1. The van der Waals surface area contributed by atoms with Crippen molar-refractivity contribution in [3.05, 3.63) is 35.9 Å². The third-order valence-corrected chi connectivity index (χ3v) is 6.21. The van der Waals surface area contributed by atoms with Crippen LogP contribution in [0.15, 0.2) is 30.3 Å². The van der Waals surface area contributed by atoms with Crippen molar-refractivity contribution in [2.45, 2.75) is 44.1 Å². The maximum absolute atomic E-state index is 11.4. The van der Waals surface area contributed by atoms with Crippen LogP contribution in [-0.4, -0.2) is 5.11 Å². The van der Waals surface area contributed by atoms with Gasteiger partial charge in [-0.15, -0.1) is 6.42 Å². The van der Waals surface area contributed by atoms with Gasteiger partial charge in [-0.25, -0.2) is 0 Å². The van der Waals surface area contributed by atoms with Gasteiger partial charge in [0.05, 0.1) is 0 Å². The molecule has 1 nitrogen and oxygen atoms in total. The molecule has 4 aliphatic carbocycles. The van der Waals surface area contributed by atoms with Gasteiger partial charge in [0, 0.05) is 5.41 Å². The third-order valence-electron chi connectivity index (χ3n) is 6.21. The maximum atomic E-state index is 11.4. The van der Waals surface area contributed by atoms with Gasteiger partial charge in [0.2, 0.25) is 0 Å². The molecule has 1 heteroatoms. The fourth-order valence-corrected chi connectivity index (χ4v) is 5.78. The van der Waals surface area contributed by atoms with Gasteiger partial charge in [0.1, 0.15) is 0 Å². The average Bonchev–Trinajstić information content (AvgIpc) is 2.46. The van der Waals surface area contributed by atoms with E-state index in [1.54, 1.807) is 0 Å². The zero-order valence-corrected chi connectivity index (χ0v) is 11.9. The van der Waals surface area contributed by atoms with E-state index < -0.39 is 5.60 Å². The van der Waals surface area contributed by atoms with E-state index in [9.17, 15) is 5.11 Å². The fourth-order valence-electron chi connectivity index (χ4n) is 5.78. The minimum Gasteiger partial charge on any atom is -0.373 e. The summed E-state index contributed by atoms with van der Waals surface area (Å²) in [6, 6.07) is 9.95. The van der Waals surface area contributed by atoms with Crippen LogP contribution in [0.1, 0.15) is 44.1 Å². The highest BCUT2D eigenvalue weighted by atomic mass is 16.3. The fraction of sp³-hybridized carbons (Fsp3) is 0.579. The summed E-state index contributed by atoms with van der Waals surface area (Å²) in [5.41, 5.74) is -0.230. The summed E-state index contributed by atoms with van der Waals surface area (Å²) in [7, 11) is 0. The Morgan fingerprint density at radius 2 is 1.50 bits per heavy atom. The molecule has 1 N–H and O–H groups in total. The van der Waals surface area contributed by atoms with E-state index in [-0.39, 0.29) is 5.41 Å². The molecule has 4 saturated carbocycles. The molecule has 1 aromatic carbocycles. The Kier molecular flexibility index (Phi) is 2.57. The van der Waals surface area contributed by atoms with Gasteiger partial charge in [-0.3, -0.25) is 0 Å². The summed E-state index contributed by atoms with van der Waals surface area (Å²) in [5.74, 6) is 5.20. The van der Waals surface area contributed by atoms with Crippen molar-refractivity contribution in [2.24, 2.45) is 23.2 Å². The molecule has 0 saturated heterocycles. The molecule has 5 rings (SSSR count). The molecule has 4 aliphatic rings. The van der Waals surface area contributed by atoms with Crippen LogP contribution in [0.5, 0.6) is 0 Å². The van der Waals surface area contributed by atoms with Gasteiger partial charge in [0.15, 0.2) is 5.60 Å². The first kappa shape index (κ1) is 12.5. The van der Waals surface area contributed by atoms with Crippen LogP contribution in [0.25, 0.3) is 0 Å². The monoisotopic (exact) mass is 266 g/mol. The van der Waals surface area contributed by atoms with Gasteiger partial charge in [-0.2, -0.15) is 0 Å². The summed E-state index contributed by atoms with van der Waals surface area (Å²) >= 11 is 0. The van der Waals surface area contributed by atoms with Crippen molar-refractivity contribution >= 4 is 0 Å². The molecule has 104 valence electrons. The Hall–Kier alpha value is -1.26. The smallest absolute Gasteiger partial charge is 0.156 e. The molecule has 0 aromatic heterocycles. The summed E-state index contributed by atoms with van der Waals surface area (Å²) < 4.78 is 0. The summed E-state index contributed by atoms with van der Waals surface area (Å²) in [4.78, 5) is 0. The largest absolute Gasteiger partial charge is 0.373 e. The van der Waals surface area contributed by atoms with Crippen molar-refractivity contribution in [3.63, 3.8) is 0 Å². The second kappa shape index (κ2) is 4.12. The topological polar surface area (TPSA) is 20.2 Å². The van der Waals surface area contributed by atoms with Crippen LogP contribution >= 0.6 is 0 Å². The van der Waals surface area contributed by atoms with Crippen LogP contribution in [0.2, 0.25) is 0 Å². The first-order chi connectivity index (χ1) is 9.65. The van der Waals surface area contributed by atoms with E-state index >= 15 is 0 Å². The lowest BCUT2D eigenvalue weighted by Crippen LogP contribution is -2.56. The molecule has 4 fully saturated rings. The second-order valence-corrected chi connectivity index (χ2v) is 7.42. The van der Waals surface area contributed by atoms with E-state index in [0.717, 1.165) is 42.6 Å². The van der Waals surface area contributed by atoms with Crippen LogP contribution < -0.4 is 0 Å². The number of hydrogen-bond acceptors (Lipinski definition) is 1. The Morgan fingerprint density at radius 3 is 1.95 bits per heavy atom. The number of aliphatic hydroxyl groups is 1. The predicted molar refractivity (Wildman–Crippen MR) is 79.8 cm³/mol. The molecule has 0 amide bonds. The summed E-state index contributed by atoms with van der Waals surface area (Å²) in [5, 5.41) is 11.4. The molecule has 0 aliphatic heterocycles. The Bertz CT molecular complexity index is 518. The number of rotatable bonds is 2. The Morgan fingerprint density at radius 1 is 1.00 bits per heavy atom. The van der Waals surface area contributed by atoms with E-state index in [4.69, 9.17) is 6.42 Å². The van der Waals surface area contributed by atoms with Crippen molar-refractivity contribution in [3.8, 4) is 12.3 Å². The van der Waals surface area contributed by atoms with Gasteiger partial charge in [-0.1, -0.05) is 36.3 Å². The van der Waals surface area contributed by atoms with Crippen molar-refractivity contribution in [2.75, 3.05) is 0 Å². The molecule has 4 bridgehead atoms. The lowest BCUT2D eigenvalue weighted by molar-refractivity contribution is -0.156. The van der Waals surface area contributed by atoms with Crippen LogP contribution in [0.4, 0.5) is 0 Å². The number of terminal acetylenes is 1. The first-order valence-electron chi connectivity index (χ1n) is 7.91. The average molecular weight is 266 g/mol. The Labute approximate surface area is 121 Å². The normalized spacial score (nSPS) is 41.1. The third kappa shape index (κ3) is 1.55. The highest BCUT2D eigenvalue weighted by molar-refractivity contribution is 5.35. The van der Waals surface area contributed by atoms with Crippen molar-refractivity contribution in [1.82, 2.24) is 0 Å². The van der Waals surface area contributed by atoms with Crippen LogP contribution in [-0.2, 0) is 5.60 Å². The first-order valence-corrected chi connectivity index (χ1v) is 7.91. The number of hydrogen-bond donors (Lipinski definition) is 1. The molecule has 1 aromatic rings. The van der Waals surface area contributed by atoms with Gasteiger partial charge < -0.3 is 5.11 Å². The molecule has 20 heavy (non-hydrogen) atoms. The standard InChI is InChI=1S/C19H22O/c1-2-19(20,17-6-4-3-5-7-17)18-11-14-8-15(12-18)10-16(9-14)13-18/h1,3-7,14-16,20H,8-13H2. The molecule has 1 unspecified atom stereocenters. The molecule has 0 heterocycles. The Balaban J connectivity index is 1.80. The molecule has 1 atom stereocenters. The summed E-state index contributed by atoms with van der Waals surface area (Å²) in [6.45, 7) is 0. The van der Waals surface area contributed by atoms with Crippen molar-refractivity contribution in [1.29, 1.82) is 0 Å². The van der Waals surface area contributed by atoms with Crippen molar-refractivity contribution < 1.29 is 5.11 Å². The van der Waals surface area contributed by atoms with E-state index in [2.05, 4.69) is 5.92 Å². The zero-order valence-electron chi connectivity index (χ0n) is 11.9. The zero-order chi connectivity index (χ0) is 13.8. The van der Waals surface area contributed by atoms with E-state index in [0.29, 0.717) is 0 Å². The van der Waals surface area contributed by atoms with Crippen LogP contribution in [0.3, 0.4) is 0 Å². The highest BCUT2D eigenvalue weighted by Gasteiger charge is 2.60. The summed E-state index contributed by atoms with van der Waals surface area (Å²) in [6.07, 6.45) is 13.3. The van der Waals surface area contributed by atoms with E-state index in [1.807, 2.05) is 30.3 Å². The molecule has 0 radical (unpaired) electrons. The van der Waals surface area contributed by atoms with Crippen LogP contribution in [0, 0.1) is 35.5 Å².